The van der Waals surface area contributed by atoms with Crippen LogP contribution in [0.2, 0.25) is 0 Å². The maximum Gasteiger partial charge on any atom is 0.243 e. The average Bonchev–Trinajstić information content (AvgIpc) is 3.07. The Morgan fingerprint density at radius 1 is 1.25 bits per heavy atom. The fourth-order valence-electron chi connectivity index (χ4n) is 4.33. The number of amides is 1. The van der Waals surface area contributed by atoms with Crippen LogP contribution in [0.15, 0.2) is 24.4 Å². The first-order valence-electron chi connectivity index (χ1n) is 10.7. The molecular weight excluding hydrogens is 350 g/mol. The standard InChI is InChI=1S/C23H35N3O2/c1-5-6-7-8-12-28-15-18-13-17-14-24-19-10-9-11-20(21(17)19)26(4)22(16(2)3)23(27)25-18/h9-11,14,16,18,22,24H,5-8,12-13,15H2,1-4H3,(H,25,27). The van der Waals surface area contributed by atoms with Crippen LogP contribution in [0, 0.1) is 5.92 Å². The third-order valence-electron chi connectivity index (χ3n) is 5.74. The van der Waals surface area contributed by atoms with Gasteiger partial charge in [0.2, 0.25) is 5.91 Å². The van der Waals surface area contributed by atoms with E-state index in [1.165, 1.54) is 30.2 Å². The summed E-state index contributed by atoms with van der Waals surface area (Å²) in [6.07, 6.45) is 7.63. The van der Waals surface area contributed by atoms with Gasteiger partial charge in [-0.1, -0.05) is 46.1 Å². The summed E-state index contributed by atoms with van der Waals surface area (Å²) in [5.41, 5.74) is 3.47. The highest BCUT2D eigenvalue weighted by atomic mass is 16.5. The molecule has 3 rings (SSSR count). The largest absolute Gasteiger partial charge is 0.379 e. The van der Waals surface area contributed by atoms with Crippen LogP contribution in [0.1, 0.15) is 52.0 Å². The molecule has 1 aliphatic heterocycles. The van der Waals surface area contributed by atoms with Gasteiger partial charge in [0.05, 0.1) is 12.6 Å². The van der Waals surface area contributed by atoms with Crippen molar-refractivity contribution in [3.05, 3.63) is 30.0 Å². The SMILES string of the molecule is CCCCCCOCC1Cc2c[nH]c3cccc(c23)N(C)C(C(C)C)C(=O)N1. The highest BCUT2D eigenvalue weighted by Crippen LogP contribution is 2.33. The lowest BCUT2D eigenvalue weighted by atomic mass is 10.0. The minimum atomic E-state index is -0.210. The van der Waals surface area contributed by atoms with Gasteiger partial charge in [-0.25, -0.2) is 0 Å². The summed E-state index contributed by atoms with van der Waals surface area (Å²) in [6.45, 7) is 7.75. The molecule has 28 heavy (non-hydrogen) atoms. The van der Waals surface area contributed by atoms with Crippen LogP contribution in [0.4, 0.5) is 5.69 Å². The number of carbonyl (C=O) groups is 1. The van der Waals surface area contributed by atoms with Gasteiger partial charge in [-0.3, -0.25) is 4.79 Å². The van der Waals surface area contributed by atoms with Crippen molar-refractivity contribution >= 4 is 22.5 Å². The predicted molar refractivity (Wildman–Crippen MR) is 116 cm³/mol. The molecular formula is C23H35N3O2. The van der Waals surface area contributed by atoms with E-state index in [2.05, 4.69) is 60.4 Å². The number of likely N-dealkylation sites (N-methyl/N-ethyl adjacent to an activating group) is 1. The van der Waals surface area contributed by atoms with E-state index in [1.807, 2.05) is 7.05 Å². The Kier molecular flexibility index (Phi) is 7.00. The van der Waals surface area contributed by atoms with Crippen molar-refractivity contribution in [2.75, 3.05) is 25.2 Å². The van der Waals surface area contributed by atoms with E-state index in [4.69, 9.17) is 4.74 Å². The molecule has 1 amide bonds. The van der Waals surface area contributed by atoms with Crippen LogP contribution in [0.25, 0.3) is 10.9 Å². The first-order valence-corrected chi connectivity index (χ1v) is 10.7. The summed E-state index contributed by atoms with van der Waals surface area (Å²) in [6, 6.07) is 6.05. The van der Waals surface area contributed by atoms with Crippen molar-refractivity contribution < 1.29 is 9.53 Å². The summed E-state index contributed by atoms with van der Waals surface area (Å²) in [7, 11) is 2.03. The number of hydrogen-bond donors (Lipinski definition) is 2. The van der Waals surface area contributed by atoms with Crippen molar-refractivity contribution in [2.24, 2.45) is 5.92 Å². The van der Waals surface area contributed by atoms with E-state index in [-0.39, 0.29) is 23.9 Å². The zero-order chi connectivity index (χ0) is 20.1. The molecule has 0 fully saturated rings. The Morgan fingerprint density at radius 3 is 2.82 bits per heavy atom. The zero-order valence-electron chi connectivity index (χ0n) is 17.8. The number of ether oxygens (including phenoxy) is 1. The Hall–Kier alpha value is -2.01. The van der Waals surface area contributed by atoms with E-state index in [0.717, 1.165) is 30.7 Å². The molecule has 5 nitrogen and oxygen atoms in total. The number of aromatic nitrogens is 1. The molecule has 0 spiro atoms. The fourth-order valence-corrected chi connectivity index (χ4v) is 4.33. The topological polar surface area (TPSA) is 57.4 Å². The second kappa shape index (κ2) is 9.46. The minimum Gasteiger partial charge on any atom is -0.379 e. The molecule has 0 saturated carbocycles. The number of hydrogen-bond acceptors (Lipinski definition) is 3. The number of nitrogens with zero attached hydrogens (tertiary/aromatic N) is 1. The monoisotopic (exact) mass is 385 g/mol. The smallest absolute Gasteiger partial charge is 0.243 e. The normalized spacial score (nSPS) is 20.2. The Morgan fingerprint density at radius 2 is 2.07 bits per heavy atom. The van der Waals surface area contributed by atoms with Gasteiger partial charge in [0, 0.05) is 36.4 Å². The summed E-state index contributed by atoms with van der Waals surface area (Å²) >= 11 is 0. The van der Waals surface area contributed by atoms with Crippen molar-refractivity contribution in [2.45, 2.75) is 65.0 Å². The molecule has 1 aromatic heterocycles. The minimum absolute atomic E-state index is 0.0153. The van der Waals surface area contributed by atoms with E-state index in [0.29, 0.717) is 6.61 Å². The molecule has 2 unspecified atom stereocenters. The number of aromatic amines is 1. The maximum atomic E-state index is 13.1. The molecule has 0 saturated heterocycles. The van der Waals surface area contributed by atoms with Crippen LogP contribution in [-0.2, 0) is 16.0 Å². The number of carbonyl (C=O) groups excluding carboxylic acids is 1. The second-order valence-electron chi connectivity index (χ2n) is 8.36. The third kappa shape index (κ3) is 4.52. The van der Waals surface area contributed by atoms with Gasteiger partial charge in [0.15, 0.2) is 0 Å². The van der Waals surface area contributed by atoms with Gasteiger partial charge in [0.1, 0.15) is 6.04 Å². The molecule has 0 bridgehead atoms. The van der Waals surface area contributed by atoms with Crippen molar-refractivity contribution in [1.82, 2.24) is 10.3 Å². The van der Waals surface area contributed by atoms with Crippen LogP contribution >= 0.6 is 0 Å². The van der Waals surface area contributed by atoms with Crippen LogP contribution < -0.4 is 10.2 Å². The third-order valence-corrected chi connectivity index (χ3v) is 5.74. The van der Waals surface area contributed by atoms with Crippen LogP contribution in [0.5, 0.6) is 0 Å². The second-order valence-corrected chi connectivity index (χ2v) is 8.36. The lowest BCUT2D eigenvalue weighted by Crippen LogP contribution is -2.52. The highest BCUT2D eigenvalue weighted by Gasteiger charge is 2.31. The zero-order valence-corrected chi connectivity index (χ0v) is 17.8. The molecule has 2 N–H and O–H groups in total. The van der Waals surface area contributed by atoms with Gasteiger partial charge >= 0.3 is 0 Å². The van der Waals surface area contributed by atoms with Gasteiger partial charge in [-0.05, 0) is 36.5 Å². The lowest BCUT2D eigenvalue weighted by molar-refractivity contribution is -0.124. The predicted octanol–water partition coefficient (Wildman–Crippen LogP) is 4.27. The molecule has 1 aliphatic rings. The van der Waals surface area contributed by atoms with E-state index >= 15 is 0 Å². The van der Waals surface area contributed by atoms with Gasteiger partial charge < -0.3 is 19.9 Å². The number of anilines is 1. The maximum absolute atomic E-state index is 13.1. The first kappa shape index (κ1) is 20.7. The quantitative estimate of drug-likeness (QED) is 0.667. The van der Waals surface area contributed by atoms with Crippen LogP contribution in [-0.4, -0.2) is 43.2 Å². The average molecular weight is 386 g/mol. The van der Waals surface area contributed by atoms with Crippen molar-refractivity contribution in [3.8, 4) is 0 Å². The first-order chi connectivity index (χ1) is 13.5. The molecule has 1 aromatic carbocycles. The number of benzene rings is 1. The summed E-state index contributed by atoms with van der Waals surface area (Å²) in [5.74, 6) is 0.291. The molecule has 0 aliphatic carbocycles. The van der Waals surface area contributed by atoms with Gasteiger partial charge in [-0.15, -0.1) is 0 Å². The number of rotatable bonds is 8. The van der Waals surface area contributed by atoms with Gasteiger partial charge in [-0.2, -0.15) is 0 Å². The summed E-state index contributed by atoms with van der Waals surface area (Å²) < 4.78 is 5.95. The van der Waals surface area contributed by atoms with E-state index in [9.17, 15) is 4.79 Å². The van der Waals surface area contributed by atoms with E-state index in [1.54, 1.807) is 0 Å². The highest BCUT2D eigenvalue weighted by molar-refractivity contribution is 5.98. The Bertz CT molecular complexity index is 783. The molecule has 0 radical (unpaired) electrons. The van der Waals surface area contributed by atoms with Crippen LogP contribution in [0.3, 0.4) is 0 Å². The van der Waals surface area contributed by atoms with Crippen molar-refractivity contribution in [3.63, 3.8) is 0 Å². The number of H-pyrrole nitrogens is 1. The summed E-state index contributed by atoms with van der Waals surface area (Å²) in [5, 5.41) is 4.49. The molecule has 5 heteroatoms. The number of unbranched alkanes of at least 4 members (excludes halogenated alkanes) is 3. The number of nitrogens with one attached hydrogen (secondary N) is 2. The fraction of sp³-hybridized carbons (Fsp3) is 0.609. The molecule has 154 valence electrons. The van der Waals surface area contributed by atoms with E-state index < -0.39 is 0 Å². The molecule has 2 heterocycles. The summed E-state index contributed by atoms with van der Waals surface area (Å²) in [4.78, 5) is 18.7. The Balaban J connectivity index is 1.83. The Labute approximate surface area is 168 Å². The lowest BCUT2D eigenvalue weighted by Gasteiger charge is -2.32. The van der Waals surface area contributed by atoms with Crippen molar-refractivity contribution in [1.29, 1.82) is 0 Å². The van der Waals surface area contributed by atoms with Gasteiger partial charge in [0.25, 0.3) is 0 Å². The molecule has 2 atom stereocenters. The molecule has 2 aromatic rings.